The molecule has 0 bridgehead atoms. The van der Waals surface area contributed by atoms with Crippen LogP contribution >= 0.6 is 0 Å². The number of hydrazine groups is 2. The molecule has 0 radical (unpaired) electrons. The molecule has 1 heterocycles. The Kier molecular flexibility index (Phi) is 5.11. The zero-order valence-corrected chi connectivity index (χ0v) is 15.3. The molecule has 0 aromatic heterocycles. The number of carbonyl (C=O) groups is 2. The van der Waals surface area contributed by atoms with E-state index < -0.39 is 0 Å². The maximum atomic E-state index is 12.6. The molecule has 0 aliphatic carbocycles. The Morgan fingerprint density at radius 3 is 2.12 bits per heavy atom. The minimum atomic E-state index is -0.311. The molecular formula is C20H24N4O2. The molecule has 0 spiro atoms. The van der Waals surface area contributed by atoms with E-state index in [0.717, 1.165) is 11.4 Å². The molecule has 26 heavy (non-hydrogen) atoms. The Hall–Kier alpha value is -3.02. The first kappa shape index (κ1) is 17.8. The Balaban J connectivity index is 2.01. The summed E-state index contributed by atoms with van der Waals surface area (Å²) in [6.45, 7) is 5.11. The Morgan fingerprint density at radius 2 is 1.58 bits per heavy atom. The number of para-hydroxylation sites is 2. The number of hydrogen-bond acceptors (Lipinski definition) is 4. The van der Waals surface area contributed by atoms with Gasteiger partial charge in [0, 0.05) is 20.3 Å². The molecule has 2 aromatic rings. The molecule has 1 N–H and O–H groups in total. The van der Waals surface area contributed by atoms with Gasteiger partial charge in [0.2, 0.25) is 11.8 Å². The summed E-state index contributed by atoms with van der Waals surface area (Å²) in [6, 6.07) is 19.5. The highest BCUT2D eigenvalue weighted by molar-refractivity contribution is 5.79. The highest BCUT2D eigenvalue weighted by atomic mass is 16.2. The molecule has 2 atom stereocenters. The first-order valence-electron chi connectivity index (χ1n) is 8.74. The molecule has 2 amide bonds. The second kappa shape index (κ2) is 7.47. The Labute approximate surface area is 153 Å². The summed E-state index contributed by atoms with van der Waals surface area (Å²) in [5, 5.41) is 5.51. The van der Waals surface area contributed by atoms with Crippen LogP contribution in [-0.4, -0.2) is 29.0 Å². The van der Waals surface area contributed by atoms with Gasteiger partial charge in [-0.15, -0.1) is 0 Å². The molecule has 136 valence electrons. The summed E-state index contributed by atoms with van der Waals surface area (Å²) in [7, 11) is 0. The second-order valence-corrected chi connectivity index (χ2v) is 6.48. The minimum Gasteiger partial charge on any atom is -0.278 e. The van der Waals surface area contributed by atoms with Crippen LogP contribution in [-0.2, 0) is 9.59 Å². The molecular weight excluding hydrogens is 328 g/mol. The highest BCUT2D eigenvalue weighted by Crippen LogP contribution is 2.33. The number of amides is 2. The minimum absolute atomic E-state index is 0.0745. The van der Waals surface area contributed by atoms with Crippen LogP contribution in [0.5, 0.6) is 0 Å². The average molecular weight is 352 g/mol. The summed E-state index contributed by atoms with van der Waals surface area (Å²) in [4.78, 5) is 24.4. The third-order valence-corrected chi connectivity index (χ3v) is 4.44. The summed E-state index contributed by atoms with van der Waals surface area (Å²) < 4.78 is 0. The fourth-order valence-electron chi connectivity index (χ4n) is 3.47. The number of benzene rings is 2. The lowest BCUT2D eigenvalue weighted by Crippen LogP contribution is -2.57. The number of nitrogens with zero attached hydrogens (tertiary/aromatic N) is 3. The van der Waals surface area contributed by atoms with E-state index >= 15 is 0 Å². The van der Waals surface area contributed by atoms with E-state index in [4.69, 9.17) is 0 Å². The molecule has 3 rings (SSSR count). The van der Waals surface area contributed by atoms with Crippen molar-refractivity contribution in [1.29, 1.82) is 0 Å². The van der Waals surface area contributed by atoms with Gasteiger partial charge in [-0.3, -0.25) is 25.0 Å². The summed E-state index contributed by atoms with van der Waals surface area (Å²) in [5.41, 5.74) is 4.68. The van der Waals surface area contributed by atoms with Gasteiger partial charge >= 0.3 is 0 Å². The Morgan fingerprint density at radius 1 is 1.00 bits per heavy atom. The van der Waals surface area contributed by atoms with Gasteiger partial charge in [-0.25, -0.2) is 5.01 Å². The first-order chi connectivity index (χ1) is 12.5. The zero-order chi connectivity index (χ0) is 18.7. The van der Waals surface area contributed by atoms with E-state index in [-0.39, 0.29) is 24.0 Å². The molecule has 0 unspecified atom stereocenters. The standard InChI is InChI=1S/C20H24N4O2/c1-15-14-20(22(21-16(2)25)18-10-6-4-7-11-18)24(17(3)26)23(15)19-12-8-5-9-13-19/h4-13,15,20H,14H2,1-3H3,(H,21,25)/t15-,20-/m0/s1. The number of anilines is 2. The SMILES string of the molecule is CC(=O)NN(c1ccccc1)[C@@H]1C[C@H](C)N(c2ccccc2)N1C(C)=O. The number of hydrogen-bond donors (Lipinski definition) is 1. The van der Waals surface area contributed by atoms with Gasteiger partial charge in [-0.2, -0.15) is 0 Å². The van der Waals surface area contributed by atoms with Crippen molar-refractivity contribution < 1.29 is 9.59 Å². The second-order valence-electron chi connectivity index (χ2n) is 6.48. The van der Waals surface area contributed by atoms with Gasteiger partial charge < -0.3 is 0 Å². The van der Waals surface area contributed by atoms with Crippen LogP contribution < -0.4 is 15.4 Å². The fourth-order valence-corrected chi connectivity index (χ4v) is 3.47. The maximum absolute atomic E-state index is 12.6. The van der Waals surface area contributed by atoms with E-state index in [1.54, 1.807) is 16.9 Å². The molecule has 6 heteroatoms. The van der Waals surface area contributed by atoms with E-state index in [1.807, 2.05) is 65.7 Å². The lowest BCUT2D eigenvalue weighted by molar-refractivity contribution is -0.131. The molecule has 1 saturated heterocycles. The predicted molar refractivity (Wildman–Crippen MR) is 102 cm³/mol. The summed E-state index contributed by atoms with van der Waals surface area (Å²) in [5.74, 6) is -0.252. The quantitative estimate of drug-likeness (QED) is 0.860. The lowest BCUT2D eigenvalue weighted by Gasteiger charge is -2.39. The van der Waals surface area contributed by atoms with Crippen LogP contribution in [0, 0.1) is 0 Å². The molecule has 6 nitrogen and oxygen atoms in total. The average Bonchev–Trinajstić information content (AvgIpc) is 2.98. The van der Waals surface area contributed by atoms with E-state index in [9.17, 15) is 9.59 Å². The summed E-state index contributed by atoms with van der Waals surface area (Å²) >= 11 is 0. The van der Waals surface area contributed by atoms with Crippen LogP contribution in [0.15, 0.2) is 60.7 Å². The third-order valence-electron chi connectivity index (χ3n) is 4.44. The van der Waals surface area contributed by atoms with Crippen LogP contribution in [0.1, 0.15) is 27.2 Å². The normalized spacial score (nSPS) is 19.3. The van der Waals surface area contributed by atoms with Crippen molar-refractivity contribution in [3.8, 4) is 0 Å². The van der Waals surface area contributed by atoms with Gasteiger partial charge in [0.15, 0.2) is 0 Å². The molecule has 2 aromatic carbocycles. The summed E-state index contributed by atoms with van der Waals surface area (Å²) in [6.07, 6.45) is 0.387. The predicted octanol–water partition coefficient (Wildman–Crippen LogP) is 2.93. The molecule has 0 saturated carbocycles. The van der Waals surface area contributed by atoms with E-state index in [0.29, 0.717) is 6.42 Å². The van der Waals surface area contributed by atoms with E-state index in [1.165, 1.54) is 6.92 Å². The maximum Gasteiger partial charge on any atom is 0.240 e. The molecule has 1 aliphatic rings. The monoisotopic (exact) mass is 352 g/mol. The largest absolute Gasteiger partial charge is 0.278 e. The topological polar surface area (TPSA) is 55.9 Å². The van der Waals surface area contributed by atoms with Crippen molar-refractivity contribution in [2.75, 3.05) is 10.0 Å². The van der Waals surface area contributed by atoms with E-state index in [2.05, 4.69) is 12.3 Å². The smallest absolute Gasteiger partial charge is 0.240 e. The van der Waals surface area contributed by atoms with Gasteiger partial charge in [-0.1, -0.05) is 36.4 Å². The number of nitrogens with one attached hydrogen (secondary N) is 1. The van der Waals surface area contributed by atoms with Crippen molar-refractivity contribution in [3.05, 3.63) is 60.7 Å². The van der Waals surface area contributed by atoms with Gasteiger partial charge in [-0.05, 0) is 31.2 Å². The lowest BCUT2D eigenvalue weighted by atomic mass is 10.2. The van der Waals surface area contributed by atoms with Crippen LogP contribution in [0.2, 0.25) is 0 Å². The van der Waals surface area contributed by atoms with Gasteiger partial charge in [0.1, 0.15) is 6.17 Å². The van der Waals surface area contributed by atoms with Crippen LogP contribution in [0.4, 0.5) is 11.4 Å². The van der Waals surface area contributed by atoms with Crippen LogP contribution in [0.25, 0.3) is 0 Å². The number of rotatable bonds is 4. The Bertz CT molecular complexity index is 766. The van der Waals surface area contributed by atoms with Crippen molar-refractivity contribution in [2.24, 2.45) is 0 Å². The van der Waals surface area contributed by atoms with Crippen LogP contribution in [0.3, 0.4) is 0 Å². The third kappa shape index (κ3) is 3.49. The van der Waals surface area contributed by atoms with Crippen molar-refractivity contribution in [1.82, 2.24) is 10.4 Å². The van der Waals surface area contributed by atoms with Crippen molar-refractivity contribution in [3.63, 3.8) is 0 Å². The zero-order valence-electron chi connectivity index (χ0n) is 15.3. The fraction of sp³-hybridized carbons (Fsp3) is 0.300. The molecule has 1 fully saturated rings. The van der Waals surface area contributed by atoms with Crippen molar-refractivity contribution in [2.45, 2.75) is 39.4 Å². The first-order valence-corrected chi connectivity index (χ1v) is 8.74. The highest BCUT2D eigenvalue weighted by Gasteiger charge is 2.42. The molecule has 1 aliphatic heterocycles. The van der Waals surface area contributed by atoms with Crippen molar-refractivity contribution >= 4 is 23.2 Å². The van der Waals surface area contributed by atoms with Gasteiger partial charge in [0.25, 0.3) is 0 Å². The number of carbonyl (C=O) groups excluding carboxylic acids is 2. The van der Waals surface area contributed by atoms with Gasteiger partial charge in [0.05, 0.1) is 17.4 Å².